The minimum atomic E-state index is 0.614. The normalized spacial score (nSPS) is 18.8. The zero-order valence-electron chi connectivity index (χ0n) is 11.0. The maximum Gasteiger partial charge on any atom is 0.168 e. The van der Waals surface area contributed by atoms with Gasteiger partial charge in [0.1, 0.15) is 0 Å². The third-order valence-electron chi connectivity index (χ3n) is 3.22. The zero-order chi connectivity index (χ0) is 12.1. The summed E-state index contributed by atoms with van der Waals surface area (Å²) in [6, 6.07) is 0.614. The summed E-state index contributed by atoms with van der Waals surface area (Å²) in [4.78, 5) is 4.62. The van der Waals surface area contributed by atoms with Crippen LogP contribution < -0.4 is 5.32 Å². The fourth-order valence-electron chi connectivity index (χ4n) is 1.96. The van der Waals surface area contributed by atoms with Gasteiger partial charge in [0.2, 0.25) is 0 Å². The highest BCUT2D eigenvalue weighted by Gasteiger charge is 2.21. The first-order valence-electron chi connectivity index (χ1n) is 6.20. The molecule has 94 valence electrons. The summed E-state index contributed by atoms with van der Waals surface area (Å²) in [5, 5.41) is 4.24. The molecule has 0 bridgehead atoms. The number of rotatable bonds is 3. The molecule has 16 heavy (non-hydrogen) atoms. The molecule has 1 aliphatic rings. The Kier molecular flexibility index (Phi) is 5.49. The van der Waals surface area contributed by atoms with Crippen molar-refractivity contribution in [1.82, 2.24) is 15.1 Å². The van der Waals surface area contributed by atoms with Crippen LogP contribution in [0.15, 0.2) is 0 Å². The Morgan fingerprint density at radius 2 is 2.00 bits per heavy atom. The molecule has 0 spiro atoms. The van der Waals surface area contributed by atoms with Crippen LogP contribution in [0.25, 0.3) is 0 Å². The van der Waals surface area contributed by atoms with E-state index in [9.17, 15) is 0 Å². The molecule has 0 aromatic carbocycles. The minimum Gasteiger partial charge on any atom is -0.362 e. The van der Waals surface area contributed by atoms with Gasteiger partial charge in [-0.1, -0.05) is 13.8 Å². The number of thiocarbonyl (C=S) groups is 1. The average molecular weight is 243 g/mol. The third kappa shape index (κ3) is 4.26. The molecular weight excluding hydrogens is 218 g/mol. The largest absolute Gasteiger partial charge is 0.362 e. The smallest absolute Gasteiger partial charge is 0.168 e. The lowest BCUT2D eigenvalue weighted by molar-refractivity contribution is 0.191. The lowest BCUT2D eigenvalue weighted by atomic mass is 10.0. The predicted octanol–water partition coefficient (Wildman–Crippen LogP) is 1.54. The van der Waals surface area contributed by atoms with Crippen LogP contribution in [0.1, 0.15) is 26.7 Å². The maximum absolute atomic E-state index is 5.41. The van der Waals surface area contributed by atoms with Crippen molar-refractivity contribution in [2.45, 2.75) is 32.7 Å². The van der Waals surface area contributed by atoms with Gasteiger partial charge in [-0.15, -0.1) is 0 Å². The second-order valence-electron chi connectivity index (χ2n) is 5.23. The van der Waals surface area contributed by atoms with Gasteiger partial charge in [0.25, 0.3) is 0 Å². The highest BCUT2D eigenvalue weighted by Crippen LogP contribution is 2.14. The minimum absolute atomic E-state index is 0.614. The molecule has 0 radical (unpaired) electrons. The van der Waals surface area contributed by atoms with E-state index in [2.05, 4.69) is 43.1 Å². The van der Waals surface area contributed by atoms with E-state index in [0.29, 0.717) is 12.0 Å². The van der Waals surface area contributed by atoms with Crippen molar-refractivity contribution in [2.75, 3.05) is 33.7 Å². The van der Waals surface area contributed by atoms with Crippen LogP contribution in [0, 0.1) is 5.92 Å². The first-order chi connectivity index (χ1) is 7.50. The second-order valence-corrected chi connectivity index (χ2v) is 5.61. The monoisotopic (exact) mass is 243 g/mol. The Morgan fingerprint density at radius 1 is 1.44 bits per heavy atom. The Morgan fingerprint density at radius 3 is 2.50 bits per heavy atom. The summed E-state index contributed by atoms with van der Waals surface area (Å²) >= 11 is 5.41. The van der Waals surface area contributed by atoms with Gasteiger partial charge in [-0.25, -0.2) is 0 Å². The SMILES string of the molecule is CC(C)CNC(=S)N(C)C1CCN(C)CC1. The lowest BCUT2D eigenvalue weighted by Crippen LogP contribution is -2.48. The Balaban J connectivity index is 2.32. The van der Waals surface area contributed by atoms with E-state index < -0.39 is 0 Å². The van der Waals surface area contributed by atoms with Crippen molar-refractivity contribution in [2.24, 2.45) is 5.92 Å². The molecule has 0 saturated carbocycles. The number of nitrogens with zero attached hydrogens (tertiary/aromatic N) is 2. The first kappa shape index (κ1) is 13.7. The van der Waals surface area contributed by atoms with E-state index in [-0.39, 0.29) is 0 Å². The van der Waals surface area contributed by atoms with Gasteiger partial charge < -0.3 is 15.1 Å². The molecule has 1 N–H and O–H groups in total. The summed E-state index contributed by atoms with van der Waals surface area (Å²) in [6.07, 6.45) is 2.44. The van der Waals surface area contributed by atoms with Crippen LogP contribution >= 0.6 is 12.2 Å². The van der Waals surface area contributed by atoms with E-state index >= 15 is 0 Å². The third-order valence-corrected chi connectivity index (χ3v) is 3.65. The Labute approximate surface area is 105 Å². The van der Waals surface area contributed by atoms with Crippen molar-refractivity contribution in [1.29, 1.82) is 0 Å². The van der Waals surface area contributed by atoms with Crippen LogP contribution in [-0.4, -0.2) is 54.7 Å². The van der Waals surface area contributed by atoms with Crippen molar-refractivity contribution in [3.05, 3.63) is 0 Å². The predicted molar refractivity (Wildman–Crippen MR) is 73.7 cm³/mol. The van der Waals surface area contributed by atoms with Crippen molar-refractivity contribution in [3.63, 3.8) is 0 Å². The van der Waals surface area contributed by atoms with E-state index in [1.165, 1.54) is 25.9 Å². The van der Waals surface area contributed by atoms with E-state index in [1.807, 2.05) is 0 Å². The second kappa shape index (κ2) is 6.40. The quantitative estimate of drug-likeness (QED) is 0.758. The molecule has 1 rings (SSSR count). The zero-order valence-corrected chi connectivity index (χ0v) is 11.8. The van der Waals surface area contributed by atoms with Gasteiger partial charge in [-0.05, 0) is 51.1 Å². The lowest BCUT2D eigenvalue weighted by Gasteiger charge is -2.36. The highest BCUT2D eigenvalue weighted by molar-refractivity contribution is 7.80. The molecule has 4 heteroatoms. The van der Waals surface area contributed by atoms with Crippen LogP contribution in [0.2, 0.25) is 0 Å². The van der Waals surface area contributed by atoms with Gasteiger partial charge in [0.05, 0.1) is 0 Å². The summed E-state index contributed by atoms with van der Waals surface area (Å²) < 4.78 is 0. The summed E-state index contributed by atoms with van der Waals surface area (Å²) in [5.41, 5.74) is 0. The van der Waals surface area contributed by atoms with Gasteiger partial charge in [0.15, 0.2) is 5.11 Å². The van der Waals surface area contributed by atoms with Crippen molar-refractivity contribution >= 4 is 17.3 Å². The number of piperidine rings is 1. The number of likely N-dealkylation sites (tertiary alicyclic amines) is 1. The van der Waals surface area contributed by atoms with E-state index in [1.54, 1.807) is 0 Å². The standard InChI is InChI=1S/C12H25N3S/c1-10(2)9-13-12(16)15(4)11-5-7-14(3)8-6-11/h10-11H,5-9H2,1-4H3,(H,13,16). The molecule has 0 amide bonds. The summed E-state index contributed by atoms with van der Waals surface area (Å²) in [5.74, 6) is 0.642. The number of hydrogen-bond acceptors (Lipinski definition) is 2. The molecule has 1 saturated heterocycles. The van der Waals surface area contributed by atoms with Gasteiger partial charge >= 0.3 is 0 Å². The molecule has 1 aliphatic heterocycles. The van der Waals surface area contributed by atoms with Crippen LogP contribution in [0.3, 0.4) is 0 Å². The van der Waals surface area contributed by atoms with Crippen LogP contribution in [0.4, 0.5) is 0 Å². The number of hydrogen-bond donors (Lipinski definition) is 1. The Bertz CT molecular complexity index is 222. The molecule has 1 fully saturated rings. The average Bonchev–Trinajstić information content (AvgIpc) is 2.26. The molecular formula is C12H25N3S. The molecule has 0 atom stereocenters. The first-order valence-corrected chi connectivity index (χ1v) is 6.60. The van der Waals surface area contributed by atoms with Gasteiger partial charge in [-0.3, -0.25) is 0 Å². The van der Waals surface area contributed by atoms with Crippen molar-refractivity contribution in [3.8, 4) is 0 Å². The fraction of sp³-hybridized carbons (Fsp3) is 0.917. The molecule has 0 aromatic rings. The molecule has 0 unspecified atom stereocenters. The van der Waals surface area contributed by atoms with Crippen LogP contribution in [0.5, 0.6) is 0 Å². The van der Waals surface area contributed by atoms with Gasteiger partial charge in [0, 0.05) is 19.6 Å². The van der Waals surface area contributed by atoms with Gasteiger partial charge in [-0.2, -0.15) is 0 Å². The summed E-state index contributed by atoms with van der Waals surface area (Å²) in [7, 11) is 4.30. The van der Waals surface area contributed by atoms with E-state index in [0.717, 1.165) is 11.7 Å². The fourth-order valence-corrected chi connectivity index (χ4v) is 2.20. The molecule has 3 nitrogen and oxygen atoms in total. The van der Waals surface area contributed by atoms with E-state index in [4.69, 9.17) is 12.2 Å². The Hall–Kier alpha value is -0.350. The van der Waals surface area contributed by atoms with Crippen molar-refractivity contribution < 1.29 is 0 Å². The molecule has 0 aliphatic carbocycles. The molecule has 1 heterocycles. The molecule has 0 aromatic heterocycles. The summed E-state index contributed by atoms with van der Waals surface area (Å²) in [6.45, 7) is 7.73. The topological polar surface area (TPSA) is 18.5 Å². The van der Waals surface area contributed by atoms with Crippen LogP contribution in [-0.2, 0) is 0 Å². The highest BCUT2D eigenvalue weighted by atomic mass is 32.1. The maximum atomic E-state index is 5.41. The number of nitrogens with one attached hydrogen (secondary N) is 1.